The summed E-state index contributed by atoms with van der Waals surface area (Å²) in [5, 5.41) is 0. The summed E-state index contributed by atoms with van der Waals surface area (Å²) in [4.78, 5) is 26.0. The van der Waals surface area contributed by atoms with Crippen LogP contribution in [-0.2, 0) is 20.7 Å². The highest BCUT2D eigenvalue weighted by atomic mass is 32.2. The molecule has 0 aromatic heterocycles. The van der Waals surface area contributed by atoms with E-state index in [0.717, 1.165) is 11.1 Å². The predicted molar refractivity (Wildman–Crippen MR) is 84.2 cm³/mol. The van der Waals surface area contributed by atoms with Crippen LogP contribution in [0.5, 0.6) is 0 Å². The summed E-state index contributed by atoms with van der Waals surface area (Å²) in [5.74, 6) is 0.881. The van der Waals surface area contributed by atoms with E-state index in [1.54, 1.807) is 23.6 Å². The predicted octanol–water partition coefficient (Wildman–Crippen LogP) is 2.31. The third kappa shape index (κ3) is 3.79. The van der Waals surface area contributed by atoms with Gasteiger partial charge in [-0.2, -0.15) is 0 Å². The van der Waals surface area contributed by atoms with E-state index in [0.29, 0.717) is 24.7 Å². The van der Waals surface area contributed by atoms with Crippen LogP contribution in [0.15, 0.2) is 18.2 Å². The number of amides is 1. The monoisotopic (exact) mass is 307 g/mol. The van der Waals surface area contributed by atoms with E-state index in [1.807, 2.05) is 26.0 Å². The highest BCUT2D eigenvalue weighted by Crippen LogP contribution is 2.23. The van der Waals surface area contributed by atoms with Crippen molar-refractivity contribution in [2.45, 2.75) is 33.2 Å². The molecule has 1 aromatic carbocycles. The van der Waals surface area contributed by atoms with Crippen molar-refractivity contribution in [3.8, 4) is 0 Å². The van der Waals surface area contributed by atoms with Crippen molar-refractivity contribution in [1.82, 2.24) is 4.90 Å². The summed E-state index contributed by atoms with van der Waals surface area (Å²) >= 11 is 1.59. The molecule has 1 aromatic rings. The molecule has 1 unspecified atom stereocenters. The molecule has 0 bridgehead atoms. The van der Waals surface area contributed by atoms with Gasteiger partial charge in [-0.3, -0.25) is 4.79 Å². The quantitative estimate of drug-likeness (QED) is 0.801. The topological polar surface area (TPSA) is 46.6 Å². The second kappa shape index (κ2) is 6.98. The summed E-state index contributed by atoms with van der Waals surface area (Å²) < 4.78 is 5.05. The number of carbonyl (C=O) groups excluding carboxylic acids is 2. The van der Waals surface area contributed by atoms with E-state index < -0.39 is 6.04 Å². The third-order valence-corrected chi connectivity index (χ3v) is 4.61. The van der Waals surface area contributed by atoms with Crippen molar-refractivity contribution < 1.29 is 14.3 Å². The molecule has 0 aliphatic carbocycles. The summed E-state index contributed by atoms with van der Waals surface area (Å²) in [6, 6.07) is 5.64. The summed E-state index contributed by atoms with van der Waals surface area (Å²) in [6.07, 6.45) is 0.336. The first-order valence-corrected chi connectivity index (χ1v) is 8.28. The van der Waals surface area contributed by atoms with Crippen molar-refractivity contribution >= 4 is 23.6 Å². The van der Waals surface area contributed by atoms with Crippen LogP contribution in [0.1, 0.15) is 23.6 Å². The summed E-state index contributed by atoms with van der Waals surface area (Å²) in [7, 11) is 0. The van der Waals surface area contributed by atoms with Crippen LogP contribution in [0.25, 0.3) is 0 Å². The fourth-order valence-electron chi connectivity index (χ4n) is 2.43. The fourth-order valence-corrected chi connectivity index (χ4v) is 3.60. The Hall–Kier alpha value is -1.49. The van der Waals surface area contributed by atoms with Crippen LogP contribution in [0, 0.1) is 13.8 Å². The van der Waals surface area contributed by atoms with Crippen molar-refractivity contribution in [3.63, 3.8) is 0 Å². The average Bonchev–Trinajstić information content (AvgIpc) is 2.91. The number of nitrogens with zero attached hydrogens (tertiary/aromatic N) is 1. The lowest BCUT2D eigenvalue weighted by Gasteiger charge is -2.22. The molecule has 1 aliphatic heterocycles. The van der Waals surface area contributed by atoms with Gasteiger partial charge in [0.25, 0.3) is 0 Å². The van der Waals surface area contributed by atoms with E-state index in [-0.39, 0.29) is 11.9 Å². The number of benzene rings is 1. The van der Waals surface area contributed by atoms with E-state index in [2.05, 4.69) is 6.07 Å². The maximum absolute atomic E-state index is 12.5. The molecule has 0 spiro atoms. The molecule has 1 heterocycles. The average molecular weight is 307 g/mol. The van der Waals surface area contributed by atoms with Crippen LogP contribution >= 0.6 is 11.8 Å². The number of carbonyl (C=O) groups is 2. The van der Waals surface area contributed by atoms with Crippen LogP contribution in [0.3, 0.4) is 0 Å². The van der Waals surface area contributed by atoms with Gasteiger partial charge in [0.05, 0.1) is 18.9 Å². The Bertz CT molecular complexity index is 544. The van der Waals surface area contributed by atoms with Gasteiger partial charge < -0.3 is 9.64 Å². The second-order valence-corrected chi connectivity index (χ2v) is 6.24. The van der Waals surface area contributed by atoms with E-state index in [4.69, 9.17) is 4.74 Å². The highest BCUT2D eigenvalue weighted by Gasteiger charge is 2.35. The van der Waals surface area contributed by atoms with Crippen LogP contribution in [0.4, 0.5) is 0 Å². The molecular weight excluding hydrogens is 286 g/mol. The molecular formula is C16H21NO3S. The van der Waals surface area contributed by atoms with Gasteiger partial charge in [-0.05, 0) is 31.9 Å². The Labute approximate surface area is 129 Å². The molecule has 1 amide bonds. The summed E-state index contributed by atoms with van der Waals surface area (Å²) in [6.45, 7) is 6.17. The number of rotatable bonds is 4. The first-order chi connectivity index (χ1) is 10.0. The molecule has 5 heteroatoms. The van der Waals surface area contributed by atoms with Gasteiger partial charge in [-0.15, -0.1) is 11.8 Å². The molecule has 1 fully saturated rings. The SMILES string of the molecule is CCOC(=O)C1CSCN1C(=O)Cc1ccc(C)cc1C. The number of hydrogen-bond acceptors (Lipinski definition) is 4. The molecule has 1 saturated heterocycles. The normalized spacial score (nSPS) is 17.9. The second-order valence-electron chi connectivity index (χ2n) is 5.24. The first kappa shape index (κ1) is 15.9. The zero-order valence-corrected chi connectivity index (χ0v) is 13.5. The Morgan fingerprint density at radius 3 is 2.81 bits per heavy atom. The van der Waals surface area contributed by atoms with Crippen LogP contribution in [0.2, 0.25) is 0 Å². The Kier molecular flexibility index (Phi) is 5.28. The van der Waals surface area contributed by atoms with Crippen molar-refractivity contribution in [3.05, 3.63) is 34.9 Å². The van der Waals surface area contributed by atoms with Gasteiger partial charge >= 0.3 is 5.97 Å². The van der Waals surface area contributed by atoms with Gasteiger partial charge in [0, 0.05) is 5.75 Å². The number of thioether (sulfide) groups is 1. The van der Waals surface area contributed by atoms with Gasteiger partial charge in [-0.1, -0.05) is 23.8 Å². The molecule has 1 aliphatic rings. The summed E-state index contributed by atoms with van der Waals surface area (Å²) in [5.41, 5.74) is 3.32. The van der Waals surface area contributed by atoms with Gasteiger partial charge in [0.15, 0.2) is 0 Å². The van der Waals surface area contributed by atoms with E-state index in [9.17, 15) is 9.59 Å². The lowest BCUT2D eigenvalue weighted by Crippen LogP contribution is -2.43. The molecule has 1 atom stereocenters. The zero-order chi connectivity index (χ0) is 15.4. The fraction of sp³-hybridized carbons (Fsp3) is 0.500. The molecule has 0 saturated carbocycles. The number of aryl methyl sites for hydroxylation is 2. The zero-order valence-electron chi connectivity index (χ0n) is 12.7. The van der Waals surface area contributed by atoms with Gasteiger partial charge in [0.1, 0.15) is 6.04 Å². The Morgan fingerprint density at radius 2 is 2.14 bits per heavy atom. The molecule has 21 heavy (non-hydrogen) atoms. The maximum atomic E-state index is 12.5. The van der Waals surface area contributed by atoms with Gasteiger partial charge in [-0.25, -0.2) is 4.79 Å². The number of ether oxygens (including phenoxy) is 1. The molecule has 0 radical (unpaired) electrons. The number of hydrogen-bond donors (Lipinski definition) is 0. The Balaban J connectivity index is 2.06. The first-order valence-electron chi connectivity index (χ1n) is 7.13. The van der Waals surface area contributed by atoms with E-state index >= 15 is 0 Å². The lowest BCUT2D eigenvalue weighted by atomic mass is 10.0. The largest absolute Gasteiger partial charge is 0.464 e. The molecule has 4 nitrogen and oxygen atoms in total. The van der Waals surface area contributed by atoms with Gasteiger partial charge in [0.2, 0.25) is 5.91 Å². The third-order valence-electron chi connectivity index (χ3n) is 3.60. The standard InChI is InChI=1S/C16H21NO3S/c1-4-20-16(19)14-9-21-10-17(14)15(18)8-13-6-5-11(2)7-12(13)3/h5-7,14H,4,8-10H2,1-3H3. The van der Waals surface area contributed by atoms with Crippen molar-refractivity contribution in [2.75, 3.05) is 18.2 Å². The molecule has 114 valence electrons. The lowest BCUT2D eigenvalue weighted by molar-refractivity contribution is -0.152. The minimum Gasteiger partial charge on any atom is -0.464 e. The minimum absolute atomic E-state index is 0.00925. The van der Waals surface area contributed by atoms with E-state index in [1.165, 1.54) is 5.56 Å². The molecule has 0 N–H and O–H groups in total. The van der Waals surface area contributed by atoms with Crippen molar-refractivity contribution in [2.24, 2.45) is 0 Å². The van der Waals surface area contributed by atoms with Crippen LogP contribution < -0.4 is 0 Å². The minimum atomic E-state index is -0.437. The van der Waals surface area contributed by atoms with Crippen LogP contribution in [-0.4, -0.2) is 41.1 Å². The number of esters is 1. The highest BCUT2D eigenvalue weighted by molar-refractivity contribution is 7.99. The smallest absolute Gasteiger partial charge is 0.329 e. The maximum Gasteiger partial charge on any atom is 0.329 e. The Morgan fingerprint density at radius 1 is 1.38 bits per heavy atom. The molecule has 2 rings (SSSR count). The van der Waals surface area contributed by atoms with Crippen molar-refractivity contribution in [1.29, 1.82) is 0 Å².